The Morgan fingerprint density at radius 3 is 3.07 bits per heavy atom. The van der Waals surface area contributed by atoms with E-state index in [1.807, 2.05) is 6.20 Å². The third-order valence-corrected chi connectivity index (χ3v) is 4.45. The third kappa shape index (κ3) is 2.78. The summed E-state index contributed by atoms with van der Waals surface area (Å²) >= 11 is 5.16. The Kier molecular flexibility index (Phi) is 3.77. The predicted octanol–water partition coefficient (Wildman–Crippen LogP) is 2.07. The predicted molar refractivity (Wildman–Crippen MR) is 66.8 cm³/mol. The molecule has 0 bridgehead atoms. The minimum absolute atomic E-state index is 0.640. The molecule has 1 fully saturated rings. The second kappa shape index (κ2) is 4.91. The molecule has 5 heteroatoms. The molecule has 0 aliphatic carbocycles. The summed E-state index contributed by atoms with van der Waals surface area (Å²) in [4.78, 5) is 6.84. The van der Waals surface area contributed by atoms with E-state index in [0.717, 1.165) is 23.4 Å². The van der Waals surface area contributed by atoms with Crippen molar-refractivity contribution in [2.75, 3.05) is 13.1 Å². The van der Waals surface area contributed by atoms with E-state index in [-0.39, 0.29) is 0 Å². The van der Waals surface area contributed by atoms with Crippen molar-refractivity contribution in [2.45, 2.75) is 25.9 Å². The van der Waals surface area contributed by atoms with Gasteiger partial charge < -0.3 is 5.73 Å². The first-order chi connectivity index (χ1) is 7.19. The lowest BCUT2D eigenvalue weighted by molar-refractivity contribution is 0.255. The van der Waals surface area contributed by atoms with Crippen LogP contribution in [0.1, 0.15) is 18.4 Å². The summed E-state index contributed by atoms with van der Waals surface area (Å²) in [6.07, 6.45) is 3.10. The van der Waals surface area contributed by atoms with Gasteiger partial charge in [-0.05, 0) is 41.7 Å². The zero-order valence-corrected chi connectivity index (χ0v) is 11.2. The highest BCUT2D eigenvalue weighted by Gasteiger charge is 2.28. The number of hydrogen-bond acceptors (Lipinski definition) is 4. The standard InChI is InChI=1S/C10H16BrN3S/c1-7-2-8(3-12)5-14(7)6-10-13-4-9(11)15-10/h4,7-8H,2-3,5-6,12H2,1H3. The highest BCUT2D eigenvalue weighted by atomic mass is 79.9. The third-order valence-electron chi connectivity index (χ3n) is 2.99. The molecule has 1 aliphatic heterocycles. The molecule has 0 saturated carbocycles. The van der Waals surface area contributed by atoms with Crippen molar-refractivity contribution in [2.24, 2.45) is 11.7 Å². The molecule has 0 aromatic carbocycles. The summed E-state index contributed by atoms with van der Waals surface area (Å²) in [6, 6.07) is 0.640. The van der Waals surface area contributed by atoms with Crippen LogP contribution < -0.4 is 5.73 Å². The number of rotatable bonds is 3. The van der Waals surface area contributed by atoms with Crippen LogP contribution >= 0.6 is 27.3 Å². The minimum Gasteiger partial charge on any atom is -0.330 e. The second-order valence-electron chi connectivity index (χ2n) is 4.17. The number of thiazole rings is 1. The molecular formula is C10H16BrN3S. The van der Waals surface area contributed by atoms with Crippen LogP contribution in [0.15, 0.2) is 9.98 Å². The van der Waals surface area contributed by atoms with Crippen molar-refractivity contribution in [3.63, 3.8) is 0 Å². The average molecular weight is 290 g/mol. The summed E-state index contributed by atoms with van der Waals surface area (Å²) < 4.78 is 1.11. The van der Waals surface area contributed by atoms with Gasteiger partial charge in [-0.15, -0.1) is 11.3 Å². The number of hydrogen-bond donors (Lipinski definition) is 1. The Labute approximate surface area is 103 Å². The van der Waals surface area contributed by atoms with Crippen molar-refractivity contribution < 1.29 is 0 Å². The highest BCUT2D eigenvalue weighted by molar-refractivity contribution is 9.11. The van der Waals surface area contributed by atoms with E-state index in [0.29, 0.717) is 12.0 Å². The minimum atomic E-state index is 0.640. The quantitative estimate of drug-likeness (QED) is 0.926. The normalized spacial score (nSPS) is 27.4. The topological polar surface area (TPSA) is 42.1 Å². The van der Waals surface area contributed by atoms with Crippen LogP contribution in [0.2, 0.25) is 0 Å². The summed E-state index contributed by atoms with van der Waals surface area (Å²) in [6.45, 7) is 5.17. The van der Waals surface area contributed by atoms with Gasteiger partial charge in [0, 0.05) is 12.6 Å². The zero-order chi connectivity index (χ0) is 10.8. The summed E-state index contributed by atoms with van der Waals surface area (Å²) in [5.74, 6) is 0.670. The lowest BCUT2D eigenvalue weighted by Crippen LogP contribution is -2.27. The number of aromatic nitrogens is 1. The molecule has 2 rings (SSSR count). The van der Waals surface area contributed by atoms with Gasteiger partial charge in [-0.2, -0.15) is 0 Å². The van der Waals surface area contributed by atoms with Gasteiger partial charge in [0.25, 0.3) is 0 Å². The van der Waals surface area contributed by atoms with E-state index in [9.17, 15) is 0 Å². The number of halogens is 1. The van der Waals surface area contributed by atoms with E-state index in [1.54, 1.807) is 11.3 Å². The van der Waals surface area contributed by atoms with Crippen LogP contribution in [0.3, 0.4) is 0 Å². The molecule has 0 amide bonds. The lowest BCUT2D eigenvalue weighted by Gasteiger charge is -2.19. The highest BCUT2D eigenvalue weighted by Crippen LogP contribution is 2.26. The Bertz CT molecular complexity index is 328. The van der Waals surface area contributed by atoms with E-state index >= 15 is 0 Å². The molecule has 1 aromatic heterocycles. The van der Waals surface area contributed by atoms with Crippen molar-refractivity contribution in [1.29, 1.82) is 0 Å². The van der Waals surface area contributed by atoms with Crippen molar-refractivity contribution >= 4 is 27.3 Å². The van der Waals surface area contributed by atoms with Crippen molar-refractivity contribution in [3.8, 4) is 0 Å². The van der Waals surface area contributed by atoms with E-state index < -0.39 is 0 Å². The largest absolute Gasteiger partial charge is 0.330 e. The zero-order valence-electron chi connectivity index (χ0n) is 8.82. The SMILES string of the molecule is CC1CC(CN)CN1Cc1ncc(Br)s1. The first kappa shape index (κ1) is 11.5. The second-order valence-corrected chi connectivity index (χ2v) is 6.67. The van der Waals surface area contributed by atoms with Gasteiger partial charge in [0.2, 0.25) is 0 Å². The monoisotopic (exact) mass is 289 g/mol. The number of nitrogens with zero attached hydrogens (tertiary/aromatic N) is 2. The van der Waals surface area contributed by atoms with Crippen LogP contribution in [0, 0.1) is 5.92 Å². The molecule has 2 N–H and O–H groups in total. The smallest absolute Gasteiger partial charge is 0.108 e. The van der Waals surface area contributed by atoms with Crippen LogP contribution in [0.25, 0.3) is 0 Å². The van der Waals surface area contributed by atoms with Gasteiger partial charge in [-0.3, -0.25) is 4.90 Å². The molecule has 3 nitrogen and oxygen atoms in total. The fourth-order valence-corrected chi connectivity index (χ4v) is 3.47. The number of nitrogens with two attached hydrogens (primary N) is 1. The molecule has 2 unspecified atom stereocenters. The Balaban J connectivity index is 1.95. The lowest BCUT2D eigenvalue weighted by atomic mass is 10.1. The van der Waals surface area contributed by atoms with Crippen molar-refractivity contribution in [1.82, 2.24) is 9.88 Å². The summed E-state index contributed by atoms with van der Waals surface area (Å²) in [7, 11) is 0. The van der Waals surface area contributed by atoms with Crippen LogP contribution in [-0.2, 0) is 6.54 Å². The first-order valence-electron chi connectivity index (χ1n) is 5.23. The summed E-state index contributed by atoms with van der Waals surface area (Å²) in [5.41, 5.74) is 5.71. The van der Waals surface area contributed by atoms with Gasteiger partial charge in [0.15, 0.2) is 0 Å². The Morgan fingerprint density at radius 2 is 2.53 bits per heavy atom. The molecule has 84 valence electrons. The first-order valence-corrected chi connectivity index (χ1v) is 6.84. The molecular weight excluding hydrogens is 274 g/mol. The van der Waals surface area contributed by atoms with Gasteiger partial charge >= 0.3 is 0 Å². The maximum absolute atomic E-state index is 5.71. The fraction of sp³-hybridized carbons (Fsp3) is 0.700. The van der Waals surface area contributed by atoms with Crippen LogP contribution in [-0.4, -0.2) is 29.0 Å². The molecule has 0 spiro atoms. The van der Waals surface area contributed by atoms with Gasteiger partial charge in [0.05, 0.1) is 16.5 Å². The van der Waals surface area contributed by atoms with E-state index in [1.165, 1.54) is 11.4 Å². The molecule has 15 heavy (non-hydrogen) atoms. The molecule has 1 aromatic rings. The van der Waals surface area contributed by atoms with E-state index in [2.05, 4.69) is 32.7 Å². The van der Waals surface area contributed by atoms with E-state index in [4.69, 9.17) is 5.73 Å². The van der Waals surface area contributed by atoms with Crippen LogP contribution in [0.4, 0.5) is 0 Å². The Morgan fingerprint density at radius 1 is 1.73 bits per heavy atom. The maximum Gasteiger partial charge on any atom is 0.108 e. The number of likely N-dealkylation sites (tertiary alicyclic amines) is 1. The van der Waals surface area contributed by atoms with Gasteiger partial charge in [-0.25, -0.2) is 4.98 Å². The van der Waals surface area contributed by atoms with Gasteiger partial charge in [-0.1, -0.05) is 0 Å². The molecule has 1 saturated heterocycles. The molecule has 1 aliphatic rings. The Hall–Kier alpha value is 0.0300. The molecule has 2 heterocycles. The summed E-state index contributed by atoms with van der Waals surface area (Å²) in [5, 5.41) is 1.19. The van der Waals surface area contributed by atoms with Crippen LogP contribution in [0.5, 0.6) is 0 Å². The average Bonchev–Trinajstić information content (AvgIpc) is 2.75. The molecule has 0 radical (unpaired) electrons. The van der Waals surface area contributed by atoms with Crippen molar-refractivity contribution in [3.05, 3.63) is 15.0 Å². The maximum atomic E-state index is 5.71. The molecule has 2 atom stereocenters. The van der Waals surface area contributed by atoms with Gasteiger partial charge in [0.1, 0.15) is 5.01 Å². The fourth-order valence-electron chi connectivity index (χ4n) is 2.14.